The highest BCUT2D eigenvalue weighted by atomic mass is 32.1. The second-order valence-corrected chi connectivity index (χ2v) is 8.51. The molecule has 1 aromatic heterocycles. The minimum absolute atomic E-state index is 0.0488. The predicted octanol–water partition coefficient (Wildman–Crippen LogP) is 3.57. The number of rotatable bonds is 6. The first kappa shape index (κ1) is 21.6. The van der Waals surface area contributed by atoms with E-state index in [1.165, 1.54) is 18.2 Å². The molecule has 0 radical (unpaired) electrons. The van der Waals surface area contributed by atoms with Crippen molar-refractivity contribution < 1.29 is 14.4 Å². The first-order valence-corrected chi connectivity index (χ1v) is 11.2. The van der Waals surface area contributed by atoms with Crippen molar-refractivity contribution in [2.45, 2.75) is 19.4 Å². The van der Waals surface area contributed by atoms with E-state index in [0.717, 1.165) is 17.8 Å². The number of amides is 3. The Kier molecular flexibility index (Phi) is 6.51. The molecule has 8 heteroatoms. The van der Waals surface area contributed by atoms with Crippen LogP contribution in [-0.2, 0) is 20.8 Å². The van der Waals surface area contributed by atoms with Gasteiger partial charge in [-0.25, -0.2) is 0 Å². The zero-order valence-corrected chi connectivity index (χ0v) is 18.4. The molecule has 2 aromatic carbocycles. The first-order valence-electron chi connectivity index (χ1n) is 10.4. The van der Waals surface area contributed by atoms with E-state index in [1.807, 2.05) is 23.6 Å². The highest BCUT2D eigenvalue weighted by Gasteiger charge is 2.28. The molecule has 0 unspecified atom stereocenters. The molecule has 0 bridgehead atoms. The molecular formula is C24H24N4O3S. The number of fused-ring (bicyclic) bond motifs is 1. The Bertz CT molecular complexity index is 1110. The molecule has 3 amide bonds. The lowest BCUT2D eigenvalue weighted by Crippen LogP contribution is -2.41. The van der Waals surface area contributed by atoms with Gasteiger partial charge >= 0.3 is 11.8 Å². The number of anilines is 3. The SMILES string of the molecule is CC(=O)Nc1ccc(NC(=O)C(=O)NC[C@@H](c2cccs2)N2CCc3ccccc32)cc1. The summed E-state index contributed by atoms with van der Waals surface area (Å²) in [5.74, 6) is -1.60. The average molecular weight is 449 g/mol. The number of hydrogen-bond acceptors (Lipinski definition) is 5. The van der Waals surface area contributed by atoms with Gasteiger partial charge in [0.1, 0.15) is 0 Å². The maximum Gasteiger partial charge on any atom is 0.313 e. The zero-order chi connectivity index (χ0) is 22.5. The summed E-state index contributed by atoms with van der Waals surface area (Å²) in [5.41, 5.74) is 3.55. The Morgan fingerprint density at radius 1 is 0.938 bits per heavy atom. The monoisotopic (exact) mass is 448 g/mol. The Balaban J connectivity index is 1.39. The van der Waals surface area contributed by atoms with Gasteiger partial charge in [-0.05, 0) is 53.8 Å². The van der Waals surface area contributed by atoms with E-state index in [-0.39, 0.29) is 11.9 Å². The average Bonchev–Trinajstić information content (AvgIpc) is 3.46. The highest BCUT2D eigenvalue weighted by Crippen LogP contribution is 2.36. The van der Waals surface area contributed by atoms with Gasteiger partial charge in [-0.1, -0.05) is 24.3 Å². The number of carbonyl (C=O) groups is 3. The van der Waals surface area contributed by atoms with E-state index in [9.17, 15) is 14.4 Å². The van der Waals surface area contributed by atoms with E-state index in [4.69, 9.17) is 0 Å². The van der Waals surface area contributed by atoms with Crippen molar-refractivity contribution >= 4 is 46.1 Å². The summed E-state index contributed by atoms with van der Waals surface area (Å²) in [6, 6.07) is 18.9. The fourth-order valence-electron chi connectivity index (χ4n) is 3.83. The molecule has 1 aliphatic heterocycles. The third-order valence-electron chi connectivity index (χ3n) is 5.30. The van der Waals surface area contributed by atoms with Gasteiger partial charge in [0.2, 0.25) is 5.91 Å². The molecule has 164 valence electrons. The van der Waals surface area contributed by atoms with Crippen molar-refractivity contribution in [1.29, 1.82) is 0 Å². The van der Waals surface area contributed by atoms with Crippen molar-refractivity contribution in [3.63, 3.8) is 0 Å². The van der Waals surface area contributed by atoms with Crippen molar-refractivity contribution in [1.82, 2.24) is 5.32 Å². The van der Waals surface area contributed by atoms with Crippen LogP contribution in [0.2, 0.25) is 0 Å². The minimum Gasteiger partial charge on any atom is -0.361 e. The van der Waals surface area contributed by atoms with Crippen molar-refractivity contribution in [3.05, 3.63) is 76.5 Å². The summed E-state index contributed by atoms with van der Waals surface area (Å²) in [7, 11) is 0. The molecule has 7 nitrogen and oxygen atoms in total. The molecule has 1 aliphatic rings. The molecule has 0 spiro atoms. The van der Waals surface area contributed by atoms with Crippen molar-refractivity contribution in [2.75, 3.05) is 28.6 Å². The summed E-state index contributed by atoms with van der Waals surface area (Å²) in [5, 5.41) is 10.1. The molecular weight excluding hydrogens is 424 g/mol. The van der Waals surface area contributed by atoms with Crippen LogP contribution in [0.1, 0.15) is 23.4 Å². The smallest absolute Gasteiger partial charge is 0.313 e. The summed E-state index contributed by atoms with van der Waals surface area (Å²) in [6.45, 7) is 2.61. The fraction of sp³-hybridized carbons (Fsp3) is 0.208. The third kappa shape index (κ3) is 4.97. The maximum atomic E-state index is 12.5. The third-order valence-corrected chi connectivity index (χ3v) is 6.27. The molecule has 4 rings (SSSR count). The second-order valence-electron chi connectivity index (χ2n) is 7.53. The standard InChI is InChI=1S/C24H24N4O3S/c1-16(29)26-18-8-10-19(11-9-18)27-24(31)23(30)25-15-21(22-7-4-14-32-22)28-13-12-17-5-2-3-6-20(17)28/h2-11,14,21H,12-13,15H2,1H3,(H,25,30)(H,26,29)(H,27,31)/t21-/m0/s1. The number of thiophene rings is 1. The van der Waals surface area contributed by atoms with Gasteiger partial charge in [0.05, 0.1) is 6.04 Å². The maximum absolute atomic E-state index is 12.5. The van der Waals surface area contributed by atoms with E-state index in [0.29, 0.717) is 17.9 Å². The van der Waals surface area contributed by atoms with E-state index < -0.39 is 11.8 Å². The van der Waals surface area contributed by atoms with Crippen LogP contribution in [0.25, 0.3) is 0 Å². The van der Waals surface area contributed by atoms with Gasteiger partial charge in [0.15, 0.2) is 0 Å². The van der Waals surface area contributed by atoms with Crippen LogP contribution in [0.3, 0.4) is 0 Å². The van der Waals surface area contributed by atoms with Crippen LogP contribution in [0.15, 0.2) is 66.0 Å². The Morgan fingerprint density at radius 2 is 1.66 bits per heavy atom. The van der Waals surface area contributed by atoms with Crippen LogP contribution in [0, 0.1) is 0 Å². The van der Waals surface area contributed by atoms with Crippen molar-refractivity contribution in [3.8, 4) is 0 Å². The van der Waals surface area contributed by atoms with Crippen LogP contribution in [-0.4, -0.2) is 30.8 Å². The summed E-state index contributed by atoms with van der Waals surface area (Å²) < 4.78 is 0. The zero-order valence-electron chi connectivity index (χ0n) is 17.6. The minimum atomic E-state index is -0.732. The molecule has 0 aliphatic carbocycles. The lowest BCUT2D eigenvalue weighted by Gasteiger charge is -2.30. The van der Waals surface area contributed by atoms with Crippen LogP contribution in [0.4, 0.5) is 17.1 Å². The normalized spacial score (nSPS) is 13.2. The first-order chi connectivity index (χ1) is 15.5. The molecule has 2 heterocycles. The molecule has 0 saturated heterocycles. The van der Waals surface area contributed by atoms with Gasteiger partial charge in [0, 0.05) is 42.0 Å². The molecule has 0 fully saturated rings. The van der Waals surface area contributed by atoms with E-state index in [2.05, 4.69) is 39.0 Å². The number of nitrogens with one attached hydrogen (secondary N) is 3. The Labute approximate surface area is 190 Å². The van der Waals surface area contributed by atoms with Gasteiger partial charge < -0.3 is 20.9 Å². The predicted molar refractivity (Wildman–Crippen MR) is 127 cm³/mol. The molecule has 32 heavy (non-hydrogen) atoms. The van der Waals surface area contributed by atoms with Crippen molar-refractivity contribution in [2.24, 2.45) is 0 Å². The van der Waals surface area contributed by atoms with Crippen LogP contribution >= 0.6 is 11.3 Å². The molecule has 3 aromatic rings. The molecule has 1 atom stereocenters. The number of benzene rings is 2. The lowest BCUT2D eigenvalue weighted by molar-refractivity contribution is -0.136. The number of carbonyl (C=O) groups excluding carboxylic acids is 3. The Hall–Kier alpha value is -3.65. The largest absolute Gasteiger partial charge is 0.361 e. The molecule has 3 N–H and O–H groups in total. The lowest BCUT2D eigenvalue weighted by atomic mass is 10.1. The van der Waals surface area contributed by atoms with Crippen LogP contribution < -0.4 is 20.9 Å². The summed E-state index contributed by atoms with van der Waals surface area (Å²) in [4.78, 5) is 39.4. The summed E-state index contributed by atoms with van der Waals surface area (Å²) in [6.07, 6.45) is 0.959. The number of hydrogen-bond donors (Lipinski definition) is 3. The van der Waals surface area contributed by atoms with E-state index >= 15 is 0 Å². The van der Waals surface area contributed by atoms with Gasteiger partial charge in [0.25, 0.3) is 0 Å². The van der Waals surface area contributed by atoms with E-state index in [1.54, 1.807) is 35.6 Å². The van der Waals surface area contributed by atoms with Gasteiger partial charge in [-0.3, -0.25) is 14.4 Å². The fourth-order valence-corrected chi connectivity index (χ4v) is 4.67. The second kappa shape index (κ2) is 9.65. The highest BCUT2D eigenvalue weighted by molar-refractivity contribution is 7.10. The molecule has 0 saturated carbocycles. The topological polar surface area (TPSA) is 90.5 Å². The Morgan fingerprint density at radius 3 is 2.34 bits per heavy atom. The van der Waals surface area contributed by atoms with Gasteiger partial charge in [-0.15, -0.1) is 11.3 Å². The van der Waals surface area contributed by atoms with Crippen LogP contribution in [0.5, 0.6) is 0 Å². The van der Waals surface area contributed by atoms with Gasteiger partial charge in [-0.2, -0.15) is 0 Å². The number of nitrogens with zero attached hydrogens (tertiary/aromatic N) is 1. The summed E-state index contributed by atoms with van der Waals surface area (Å²) >= 11 is 1.64. The number of para-hydroxylation sites is 1. The quantitative estimate of drug-likeness (QED) is 0.503.